The van der Waals surface area contributed by atoms with Crippen LogP contribution in [0.5, 0.6) is 11.6 Å². The normalized spacial score (nSPS) is 10.8. The fourth-order valence-electron chi connectivity index (χ4n) is 2.43. The predicted molar refractivity (Wildman–Crippen MR) is 86.7 cm³/mol. The van der Waals surface area contributed by atoms with Crippen molar-refractivity contribution in [3.63, 3.8) is 0 Å². The molecule has 0 fully saturated rings. The van der Waals surface area contributed by atoms with Crippen molar-refractivity contribution in [2.45, 2.75) is 13.2 Å². The van der Waals surface area contributed by atoms with Crippen LogP contribution in [0, 0.1) is 0 Å². The number of benzene rings is 1. The molecule has 0 aliphatic heterocycles. The average molecular weight is 345 g/mol. The highest BCUT2D eigenvalue weighted by molar-refractivity contribution is 5.85. The minimum atomic E-state index is -1.33. The van der Waals surface area contributed by atoms with E-state index in [-0.39, 0.29) is 24.6 Å². The number of fused-ring (bicyclic) bond motifs is 1. The van der Waals surface area contributed by atoms with Gasteiger partial charge in [0.15, 0.2) is 0 Å². The summed E-state index contributed by atoms with van der Waals surface area (Å²) in [7, 11) is 1.52. The SMILES string of the molecule is COc1cc(CO)ccc1Cn1ncc2nc(NC(=O)O)nc(O)c21. The van der Waals surface area contributed by atoms with E-state index in [1.165, 1.54) is 18.0 Å². The van der Waals surface area contributed by atoms with E-state index in [0.29, 0.717) is 16.8 Å². The molecule has 1 aromatic carbocycles. The fraction of sp³-hybridized carbons (Fsp3) is 0.200. The lowest BCUT2D eigenvalue weighted by atomic mass is 10.1. The molecule has 4 N–H and O–H groups in total. The second-order valence-electron chi connectivity index (χ2n) is 5.14. The summed E-state index contributed by atoms with van der Waals surface area (Å²) >= 11 is 0. The van der Waals surface area contributed by atoms with E-state index in [4.69, 9.17) is 9.84 Å². The average Bonchev–Trinajstić information content (AvgIpc) is 2.97. The zero-order chi connectivity index (χ0) is 18.0. The molecular weight excluding hydrogens is 330 g/mol. The number of ether oxygens (including phenoxy) is 1. The molecule has 0 unspecified atom stereocenters. The Morgan fingerprint density at radius 1 is 1.36 bits per heavy atom. The summed E-state index contributed by atoms with van der Waals surface area (Å²) in [5.74, 6) is -0.0566. The molecule has 25 heavy (non-hydrogen) atoms. The number of aliphatic hydroxyl groups is 1. The summed E-state index contributed by atoms with van der Waals surface area (Å²) < 4.78 is 6.80. The summed E-state index contributed by atoms with van der Waals surface area (Å²) in [6.45, 7) is 0.163. The van der Waals surface area contributed by atoms with Crippen LogP contribution in [0.15, 0.2) is 24.4 Å². The first-order valence-electron chi connectivity index (χ1n) is 7.21. The number of rotatable bonds is 5. The number of anilines is 1. The number of aliphatic hydroxyl groups excluding tert-OH is 1. The highest BCUT2D eigenvalue weighted by Crippen LogP contribution is 2.26. The minimum absolute atomic E-state index is 0.102. The smallest absolute Gasteiger partial charge is 0.411 e. The zero-order valence-electron chi connectivity index (χ0n) is 13.2. The molecule has 1 amide bonds. The second-order valence-corrected chi connectivity index (χ2v) is 5.14. The van der Waals surface area contributed by atoms with E-state index >= 15 is 0 Å². The van der Waals surface area contributed by atoms with Crippen LogP contribution in [0.25, 0.3) is 11.0 Å². The van der Waals surface area contributed by atoms with Gasteiger partial charge in [0.05, 0.1) is 26.5 Å². The van der Waals surface area contributed by atoms with Gasteiger partial charge in [0.25, 0.3) is 0 Å². The zero-order valence-corrected chi connectivity index (χ0v) is 13.2. The summed E-state index contributed by atoms with van der Waals surface area (Å²) in [6.07, 6.45) is 0.0677. The Morgan fingerprint density at radius 3 is 2.84 bits per heavy atom. The number of hydrogen-bond donors (Lipinski definition) is 4. The van der Waals surface area contributed by atoms with Gasteiger partial charge in [-0.25, -0.2) is 9.78 Å². The molecule has 0 atom stereocenters. The molecule has 0 saturated heterocycles. The number of carbonyl (C=O) groups is 1. The van der Waals surface area contributed by atoms with Gasteiger partial charge in [0, 0.05) is 5.56 Å². The molecule has 130 valence electrons. The van der Waals surface area contributed by atoms with Gasteiger partial charge in [-0.3, -0.25) is 10.00 Å². The van der Waals surface area contributed by atoms with Crippen molar-refractivity contribution >= 4 is 23.1 Å². The first kappa shape index (κ1) is 16.5. The molecule has 2 heterocycles. The highest BCUT2D eigenvalue weighted by Gasteiger charge is 2.15. The van der Waals surface area contributed by atoms with Crippen molar-refractivity contribution in [1.29, 1.82) is 0 Å². The second kappa shape index (κ2) is 6.61. The van der Waals surface area contributed by atoms with Crippen molar-refractivity contribution in [3.05, 3.63) is 35.5 Å². The Labute approximate surface area is 141 Å². The van der Waals surface area contributed by atoms with Gasteiger partial charge < -0.3 is 20.1 Å². The van der Waals surface area contributed by atoms with Crippen molar-refractivity contribution in [2.24, 2.45) is 0 Å². The van der Waals surface area contributed by atoms with Crippen molar-refractivity contribution in [3.8, 4) is 11.6 Å². The number of aromatic hydroxyl groups is 1. The van der Waals surface area contributed by atoms with Gasteiger partial charge in [-0.05, 0) is 11.6 Å². The van der Waals surface area contributed by atoms with Gasteiger partial charge in [-0.15, -0.1) is 0 Å². The number of aromatic nitrogens is 4. The van der Waals surface area contributed by atoms with Gasteiger partial charge in [0.2, 0.25) is 11.8 Å². The first-order valence-corrected chi connectivity index (χ1v) is 7.21. The quantitative estimate of drug-likeness (QED) is 0.540. The van der Waals surface area contributed by atoms with Crippen LogP contribution < -0.4 is 10.1 Å². The predicted octanol–water partition coefficient (Wildman–Crippen LogP) is 1.17. The molecule has 0 spiro atoms. The molecule has 3 aromatic rings. The van der Waals surface area contributed by atoms with Gasteiger partial charge >= 0.3 is 6.09 Å². The fourth-order valence-corrected chi connectivity index (χ4v) is 2.43. The number of nitrogens with one attached hydrogen (secondary N) is 1. The van der Waals surface area contributed by atoms with Crippen LogP contribution in [0.2, 0.25) is 0 Å². The maximum Gasteiger partial charge on any atom is 0.411 e. The third-order valence-electron chi connectivity index (χ3n) is 3.54. The van der Waals surface area contributed by atoms with Gasteiger partial charge in [-0.2, -0.15) is 10.1 Å². The number of nitrogens with zero attached hydrogens (tertiary/aromatic N) is 4. The Hall–Kier alpha value is -3.40. The van der Waals surface area contributed by atoms with Crippen LogP contribution in [-0.4, -0.2) is 48.3 Å². The number of carboxylic acid groups (broad SMARTS) is 1. The van der Waals surface area contributed by atoms with Gasteiger partial charge in [-0.1, -0.05) is 12.1 Å². The number of methoxy groups -OCH3 is 1. The van der Waals surface area contributed by atoms with Crippen LogP contribution in [0.3, 0.4) is 0 Å². The van der Waals surface area contributed by atoms with E-state index in [0.717, 1.165) is 5.56 Å². The summed E-state index contributed by atoms with van der Waals surface area (Å²) in [4.78, 5) is 18.4. The minimum Gasteiger partial charge on any atom is -0.496 e. The Kier molecular flexibility index (Phi) is 4.35. The molecule has 10 heteroatoms. The van der Waals surface area contributed by atoms with E-state index in [2.05, 4.69) is 15.1 Å². The van der Waals surface area contributed by atoms with Gasteiger partial charge in [0.1, 0.15) is 16.8 Å². The monoisotopic (exact) mass is 345 g/mol. The molecular formula is C15H15N5O5. The lowest BCUT2D eigenvalue weighted by Gasteiger charge is -2.11. The molecule has 2 aromatic heterocycles. The standard InChI is InChI=1S/C15H15N5O5/c1-25-11-4-8(7-21)2-3-9(11)6-20-12-10(5-16-20)17-14(18-13(12)22)19-15(23)24/h2-5,21H,6-7H2,1H3,(H,23,24)(H2,17,18,19,22). The molecule has 10 nitrogen and oxygen atoms in total. The summed E-state index contributed by atoms with van der Waals surface area (Å²) in [6, 6.07) is 5.26. The maximum absolute atomic E-state index is 10.7. The van der Waals surface area contributed by atoms with Crippen LogP contribution in [0.1, 0.15) is 11.1 Å². The molecule has 0 bridgehead atoms. The molecule has 0 radical (unpaired) electrons. The molecule has 3 rings (SSSR count). The van der Waals surface area contributed by atoms with E-state index in [1.54, 1.807) is 18.2 Å². The van der Waals surface area contributed by atoms with Crippen molar-refractivity contribution in [2.75, 3.05) is 12.4 Å². The van der Waals surface area contributed by atoms with Crippen molar-refractivity contribution in [1.82, 2.24) is 19.7 Å². The number of hydrogen-bond acceptors (Lipinski definition) is 7. The molecule has 0 aliphatic carbocycles. The maximum atomic E-state index is 10.7. The summed E-state index contributed by atoms with van der Waals surface area (Å²) in [5, 5.41) is 34.2. The van der Waals surface area contributed by atoms with E-state index in [1.807, 2.05) is 5.32 Å². The Balaban J connectivity index is 1.99. The lowest BCUT2D eigenvalue weighted by Crippen LogP contribution is -2.10. The van der Waals surface area contributed by atoms with Crippen LogP contribution >= 0.6 is 0 Å². The lowest BCUT2D eigenvalue weighted by molar-refractivity contribution is 0.209. The summed E-state index contributed by atoms with van der Waals surface area (Å²) in [5.41, 5.74) is 2.05. The topological polar surface area (TPSA) is 143 Å². The van der Waals surface area contributed by atoms with E-state index < -0.39 is 12.0 Å². The highest BCUT2D eigenvalue weighted by atomic mass is 16.5. The van der Waals surface area contributed by atoms with Crippen molar-refractivity contribution < 1.29 is 24.9 Å². The van der Waals surface area contributed by atoms with Crippen LogP contribution in [-0.2, 0) is 13.2 Å². The van der Waals surface area contributed by atoms with Crippen LogP contribution in [0.4, 0.5) is 10.7 Å². The third-order valence-corrected chi connectivity index (χ3v) is 3.54. The molecule has 0 aliphatic rings. The Morgan fingerprint density at radius 2 is 2.16 bits per heavy atom. The third kappa shape index (κ3) is 3.28. The largest absolute Gasteiger partial charge is 0.496 e. The molecule has 0 saturated carbocycles. The number of amides is 1. The van der Waals surface area contributed by atoms with E-state index in [9.17, 15) is 15.0 Å². The Bertz CT molecular complexity index is 939. The first-order chi connectivity index (χ1) is 12.0.